The second-order valence-corrected chi connectivity index (χ2v) is 8.13. The number of hydrogen-bond donors (Lipinski definition) is 1. The summed E-state index contributed by atoms with van der Waals surface area (Å²) in [4.78, 5) is 0. The summed E-state index contributed by atoms with van der Waals surface area (Å²) in [7, 11) is -3.10. The summed E-state index contributed by atoms with van der Waals surface area (Å²) < 4.78 is 24.6. The highest BCUT2D eigenvalue weighted by Gasteiger charge is 2.28. The molecule has 0 aliphatic heterocycles. The molecule has 1 aromatic carbocycles. The Morgan fingerprint density at radius 3 is 2.21 bits per heavy atom. The van der Waals surface area contributed by atoms with Crippen LogP contribution in [-0.4, -0.2) is 26.8 Å². The Morgan fingerprint density at radius 2 is 1.74 bits per heavy atom. The van der Waals surface area contributed by atoms with E-state index in [-0.39, 0.29) is 23.0 Å². The van der Waals surface area contributed by atoms with Gasteiger partial charge >= 0.3 is 0 Å². The minimum atomic E-state index is -3.10. The lowest BCUT2D eigenvalue weighted by Crippen LogP contribution is -2.45. The molecule has 1 unspecified atom stereocenters. The summed E-state index contributed by atoms with van der Waals surface area (Å²) in [5.74, 6) is 0.297. The predicted octanol–water partition coefficient (Wildman–Crippen LogP) is 2.63. The van der Waals surface area contributed by atoms with E-state index in [2.05, 4.69) is 26.1 Å². The average molecular weight is 283 g/mol. The first-order valence-corrected chi connectivity index (χ1v) is 8.54. The highest BCUT2D eigenvalue weighted by Crippen LogP contribution is 2.21. The summed E-state index contributed by atoms with van der Waals surface area (Å²) in [5.41, 5.74) is 0.784. The van der Waals surface area contributed by atoms with Gasteiger partial charge in [-0.05, 0) is 17.5 Å². The molecule has 0 saturated carbocycles. The van der Waals surface area contributed by atoms with Gasteiger partial charge in [0.15, 0.2) is 9.84 Å². The lowest BCUT2D eigenvalue weighted by Gasteiger charge is -2.31. The van der Waals surface area contributed by atoms with E-state index < -0.39 is 9.84 Å². The zero-order valence-corrected chi connectivity index (χ0v) is 13.1. The smallest absolute Gasteiger partial charge is 0.155 e. The summed E-state index contributed by atoms with van der Waals surface area (Å²) in [6.45, 7) is 8.99. The number of rotatable bonds is 6. The van der Waals surface area contributed by atoms with Crippen molar-refractivity contribution in [1.29, 1.82) is 0 Å². The minimum absolute atomic E-state index is 0.0220. The molecule has 0 aromatic heterocycles. The van der Waals surface area contributed by atoms with Gasteiger partial charge < -0.3 is 5.32 Å². The zero-order chi connectivity index (χ0) is 14.5. The highest BCUT2D eigenvalue weighted by atomic mass is 32.2. The summed E-state index contributed by atoms with van der Waals surface area (Å²) in [6.07, 6.45) is 0. The lowest BCUT2D eigenvalue weighted by molar-refractivity contribution is 0.292. The van der Waals surface area contributed by atoms with Crippen molar-refractivity contribution in [3.8, 4) is 0 Å². The third kappa shape index (κ3) is 5.74. The molecule has 0 aliphatic rings. The van der Waals surface area contributed by atoms with Crippen molar-refractivity contribution in [1.82, 2.24) is 5.32 Å². The van der Waals surface area contributed by atoms with Crippen molar-refractivity contribution >= 4 is 9.84 Å². The molecule has 4 heteroatoms. The number of benzene rings is 1. The maximum absolute atomic E-state index is 12.3. The molecule has 1 aromatic rings. The monoisotopic (exact) mass is 283 g/mol. The second-order valence-electron chi connectivity index (χ2n) is 6.02. The van der Waals surface area contributed by atoms with Crippen LogP contribution in [0.25, 0.3) is 0 Å². The normalized spacial score (nSPS) is 14.3. The molecule has 1 rings (SSSR count). The maximum Gasteiger partial charge on any atom is 0.155 e. The fourth-order valence-electron chi connectivity index (χ4n) is 2.00. The minimum Gasteiger partial charge on any atom is -0.313 e. The molecule has 0 amide bonds. The predicted molar refractivity (Wildman–Crippen MR) is 80.9 cm³/mol. The van der Waals surface area contributed by atoms with Gasteiger partial charge in [-0.15, -0.1) is 0 Å². The van der Waals surface area contributed by atoms with E-state index in [1.54, 1.807) is 0 Å². The fraction of sp³-hybridized carbons (Fsp3) is 0.600. The summed E-state index contributed by atoms with van der Waals surface area (Å²) in [6, 6.07) is 9.33. The van der Waals surface area contributed by atoms with Crippen molar-refractivity contribution in [2.45, 2.75) is 39.5 Å². The first-order valence-electron chi connectivity index (χ1n) is 6.72. The zero-order valence-electron chi connectivity index (χ0n) is 12.3. The van der Waals surface area contributed by atoms with Crippen LogP contribution in [-0.2, 0) is 15.6 Å². The van der Waals surface area contributed by atoms with Gasteiger partial charge in [-0.3, -0.25) is 0 Å². The first kappa shape index (κ1) is 16.2. The Kier molecular flexibility index (Phi) is 5.56. The van der Waals surface area contributed by atoms with E-state index in [1.165, 1.54) is 0 Å². The van der Waals surface area contributed by atoms with Crippen LogP contribution in [0.15, 0.2) is 30.3 Å². The van der Waals surface area contributed by atoms with Crippen LogP contribution in [0, 0.1) is 5.41 Å². The van der Waals surface area contributed by atoms with E-state index in [4.69, 9.17) is 0 Å². The first-order chi connectivity index (χ1) is 8.74. The van der Waals surface area contributed by atoms with Gasteiger partial charge in [0.2, 0.25) is 0 Å². The molecular formula is C15H25NO2S. The maximum atomic E-state index is 12.3. The molecule has 3 nitrogen and oxygen atoms in total. The summed E-state index contributed by atoms with van der Waals surface area (Å²) >= 11 is 0. The van der Waals surface area contributed by atoms with Gasteiger partial charge in [-0.2, -0.15) is 0 Å². The van der Waals surface area contributed by atoms with Crippen LogP contribution in [0.2, 0.25) is 0 Å². The number of hydrogen-bond acceptors (Lipinski definition) is 3. The van der Waals surface area contributed by atoms with E-state index in [9.17, 15) is 8.42 Å². The molecule has 0 bridgehead atoms. The average Bonchev–Trinajstić information content (AvgIpc) is 2.27. The van der Waals surface area contributed by atoms with Crippen molar-refractivity contribution in [2.24, 2.45) is 5.41 Å². The molecule has 1 N–H and O–H groups in total. The molecule has 0 heterocycles. The lowest BCUT2D eigenvalue weighted by atomic mass is 9.88. The molecule has 0 aliphatic carbocycles. The van der Waals surface area contributed by atoms with Crippen molar-refractivity contribution in [3.05, 3.63) is 35.9 Å². The van der Waals surface area contributed by atoms with Gasteiger partial charge in [0.1, 0.15) is 0 Å². The van der Waals surface area contributed by atoms with Gasteiger partial charge in [-0.25, -0.2) is 8.42 Å². The SMILES string of the molecule is CCNC(CS(=O)(=O)Cc1ccccc1)C(C)(C)C. The van der Waals surface area contributed by atoms with Crippen molar-refractivity contribution < 1.29 is 8.42 Å². The van der Waals surface area contributed by atoms with Crippen molar-refractivity contribution in [2.75, 3.05) is 12.3 Å². The molecule has 0 radical (unpaired) electrons. The van der Waals surface area contributed by atoms with Crippen LogP contribution in [0.3, 0.4) is 0 Å². The van der Waals surface area contributed by atoms with Gasteiger partial charge in [0.25, 0.3) is 0 Å². The Hall–Kier alpha value is -0.870. The van der Waals surface area contributed by atoms with Crippen molar-refractivity contribution in [3.63, 3.8) is 0 Å². The Bertz CT molecular complexity index is 475. The Balaban J connectivity index is 2.77. The summed E-state index contributed by atoms with van der Waals surface area (Å²) in [5, 5.41) is 3.29. The second kappa shape index (κ2) is 6.53. The highest BCUT2D eigenvalue weighted by molar-refractivity contribution is 7.90. The third-order valence-electron chi connectivity index (χ3n) is 3.15. The molecule has 0 saturated heterocycles. The molecule has 0 spiro atoms. The largest absolute Gasteiger partial charge is 0.313 e. The standard InChI is InChI=1S/C15H25NO2S/c1-5-16-14(15(2,3)4)12-19(17,18)11-13-9-7-6-8-10-13/h6-10,14,16H,5,11-12H2,1-4H3. The van der Waals surface area contributed by atoms with Crippen LogP contribution < -0.4 is 5.32 Å². The Labute approximate surface area is 117 Å². The van der Waals surface area contributed by atoms with E-state index in [0.29, 0.717) is 0 Å². The van der Waals surface area contributed by atoms with Gasteiger partial charge in [0, 0.05) is 6.04 Å². The van der Waals surface area contributed by atoms with E-state index >= 15 is 0 Å². The van der Waals surface area contributed by atoms with Crippen LogP contribution in [0.1, 0.15) is 33.3 Å². The van der Waals surface area contributed by atoms with Gasteiger partial charge in [0.05, 0.1) is 11.5 Å². The molecular weight excluding hydrogens is 258 g/mol. The van der Waals surface area contributed by atoms with Gasteiger partial charge in [-0.1, -0.05) is 58.0 Å². The number of sulfone groups is 1. The van der Waals surface area contributed by atoms with Crippen LogP contribution in [0.5, 0.6) is 0 Å². The topological polar surface area (TPSA) is 46.2 Å². The molecule has 1 atom stereocenters. The quantitative estimate of drug-likeness (QED) is 0.873. The third-order valence-corrected chi connectivity index (χ3v) is 4.76. The Morgan fingerprint density at radius 1 is 1.16 bits per heavy atom. The number of nitrogens with one attached hydrogen (secondary N) is 1. The molecule has 108 valence electrons. The van der Waals surface area contributed by atoms with Crippen LogP contribution >= 0.6 is 0 Å². The molecule has 0 fully saturated rings. The van der Waals surface area contributed by atoms with E-state index in [1.807, 2.05) is 37.3 Å². The van der Waals surface area contributed by atoms with E-state index in [0.717, 1.165) is 12.1 Å². The fourth-order valence-corrected chi connectivity index (χ4v) is 3.95. The molecule has 19 heavy (non-hydrogen) atoms. The van der Waals surface area contributed by atoms with Crippen LogP contribution in [0.4, 0.5) is 0 Å².